The number of halogens is 2. The first-order valence-electron chi connectivity index (χ1n) is 7.07. The van der Waals surface area contributed by atoms with Gasteiger partial charge in [-0.15, -0.1) is 0 Å². The van der Waals surface area contributed by atoms with Gasteiger partial charge in [0, 0.05) is 22.5 Å². The van der Waals surface area contributed by atoms with E-state index in [1.165, 1.54) is 0 Å². The lowest BCUT2D eigenvalue weighted by Gasteiger charge is -2.10. The largest absolute Gasteiger partial charge is 0.324 e. The third-order valence-corrected chi connectivity index (χ3v) is 4.65. The zero-order valence-corrected chi connectivity index (χ0v) is 14.7. The SMILES string of the molecule is Cc1c(Cl)cnn1CCC(=O)Nc1ccc(Br)c2cccnc12. The summed E-state index contributed by atoms with van der Waals surface area (Å²) in [6.45, 7) is 2.35. The van der Waals surface area contributed by atoms with Gasteiger partial charge in [-0.2, -0.15) is 5.10 Å². The van der Waals surface area contributed by atoms with Crippen LogP contribution >= 0.6 is 27.5 Å². The topological polar surface area (TPSA) is 59.8 Å². The number of amides is 1. The predicted molar refractivity (Wildman–Crippen MR) is 94.7 cm³/mol. The van der Waals surface area contributed by atoms with Crippen LogP contribution in [0.5, 0.6) is 0 Å². The highest BCUT2D eigenvalue weighted by atomic mass is 79.9. The van der Waals surface area contributed by atoms with Crippen LogP contribution in [0.25, 0.3) is 10.9 Å². The molecule has 0 bridgehead atoms. The van der Waals surface area contributed by atoms with E-state index >= 15 is 0 Å². The van der Waals surface area contributed by atoms with Gasteiger partial charge in [-0.3, -0.25) is 14.5 Å². The fourth-order valence-electron chi connectivity index (χ4n) is 2.31. The van der Waals surface area contributed by atoms with Crippen molar-refractivity contribution in [1.82, 2.24) is 14.8 Å². The number of rotatable bonds is 4. The lowest BCUT2D eigenvalue weighted by Crippen LogP contribution is -2.16. The van der Waals surface area contributed by atoms with Gasteiger partial charge in [-0.1, -0.05) is 33.6 Å². The van der Waals surface area contributed by atoms with E-state index in [1.54, 1.807) is 17.1 Å². The number of anilines is 1. The summed E-state index contributed by atoms with van der Waals surface area (Å²) in [6.07, 6.45) is 3.60. The molecule has 0 saturated heterocycles. The van der Waals surface area contributed by atoms with Crippen molar-refractivity contribution in [2.24, 2.45) is 0 Å². The molecule has 0 spiro atoms. The molecule has 0 atom stereocenters. The van der Waals surface area contributed by atoms with Crippen molar-refractivity contribution in [3.8, 4) is 0 Å². The molecule has 0 saturated carbocycles. The standard InChI is InChI=1S/C16H14BrClN4O/c1-10-13(18)9-20-22(10)8-6-15(23)21-14-5-4-12(17)11-3-2-7-19-16(11)14/h2-5,7,9H,6,8H2,1H3,(H,21,23). The van der Waals surface area contributed by atoms with Crippen LogP contribution in [0, 0.1) is 6.92 Å². The van der Waals surface area contributed by atoms with Gasteiger partial charge in [0.25, 0.3) is 0 Å². The van der Waals surface area contributed by atoms with Crippen molar-refractivity contribution in [2.45, 2.75) is 19.9 Å². The maximum absolute atomic E-state index is 12.2. The van der Waals surface area contributed by atoms with Crippen molar-refractivity contribution in [2.75, 3.05) is 5.32 Å². The molecule has 0 radical (unpaired) electrons. The van der Waals surface area contributed by atoms with Gasteiger partial charge in [0.15, 0.2) is 0 Å². The zero-order valence-electron chi connectivity index (χ0n) is 12.4. The second-order valence-corrected chi connectivity index (χ2v) is 6.36. The summed E-state index contributed by atoms with van der Waals surface area (Å²) < 4.78 is 2.67. The molecule has 0 aliphatic heterocycles. The third kappa shape index (κ3) is 3.38. The number of carbonyl (C=O) groups excluding carboxylic acids is 1. The highest BCUT2D eigenvalue weighted by Crippen LogP contribution is 2.28. The molecule has 3 aromatic rings. The van der Waals surface area contributed by atoms with Gasteiger partial charge < -0.3 is 5.32 Å². The maximum Gasteiger partial charge on any atom is 0.226 e. The summed E-state index contributed by atoms with van der Waals surface area (Å²) in [5.74, 6) is -0.0923. The Labute approximate surface area is 146 Å². The molecule has 5 nitrogen and oxygen atoms in total. The van der Waals surface area contributed by atoms with Gasteiger partial charge in [0.05, 0.1) is 34.7 Å². The Morgan fingerprint density at radius 1 is 1.39 bits per heavy atom. The van der Waals surface area contributed by atoms with E-state index in [2.05, 4.69) is 31.3 Å². The van der Waals surface area contributed by atoms with E-state index in [0.29, 0.717) is 23.7 Å². The van der Waals surface area contributed by atoms with E-state index in [1.807, 2.05) is 31.2 Å². The number of benzene rings is 1. The van der Waals surface area contributed by atoms with Crippen molar-refractivity contribution in [3.63, 3.8) is 0 Å². The highest BCUT2D eigenvalue weighted by molar-refractivity contribution is 9.10. The minimum Gasteiger partial charge on any atom is -0.324 e. The van der Waals surface area contributed by atoms with Crippen molar-refractivity contribution in [1.29, 1.82) is 0 Å². The monoisotopic (exact) mass is 392 g/mol. The molecule has 0 fully saturated rings. The summed E-state index contributed by atoms with van der Waals surface area (Å²) in [7, 11) is 0. The van der Waals surface area contributed by atoms with E-state index in [-0.39, 0.29) is 5.91 Å². The molecule has 7 heteroatoms. The molecule has 0 aliphatic rings. The van der Waals surface area contributed by atoms with Crippen molar-refractivity contribution < 1.29 is 4.79 Å². The molecule has 1 aromatic carbocycles. The Morgan fingerprint density at radius 2 is 2.22 bits per heavy atom. The summed E-state index contributed by atoms with van der Waals surface area (Å²) in [5, 5.41) is 8.62. The van der Waals surface area contributed by atoms with Crippen LogP contribution in [0.1, 0.15) is 12.1 Å². The number of carbonyl (C=O) groups is 1. The second-order valence-electron chi connectivity index (χ2n) is 5.09. The van der Waals surface area contributed by atoms with Crippen molar-refractivity contribution in [3.05, 3.63) is 51.8 Å². The van der Waals surface area contributed by atoms with Gasteiger partial charge in [-0.25, -0.2) is 0 Å². The fraction of sp³-hybridized carbons (Fsp3) is 0.188. The molecule has 2 aromatic heterocycles. The normalized spacial score (nSPS) is 10.9. The minimum atomic E-state index is -0.0923. The first-order valence-corrected chi connectivity index (χ1v) is 8.24. The van der Waals surface area contributed by atoms with Crippen LogP contribution in [0.4, 0.5) is 5.69 Å². The zero-order chi connectivity index (χ0) is 16.4. The average Bonchev–Trinajstić information content (AvgIpc) is 2.88. The van der Waals surface area contributed by atoms with Crippen LogP contribution in [0.3, 0.4) is 0 Å². The number of aryl methyl sites for hydroxylation is 1. The van der Waals surface area contributed by atoms with Crippen molar-refractivity contribution >= 4 is 50.0 Å². The Morgan fingerprint density at radius 3 is 2.96 bits per heavy atom. The first kappa shape index (κ1) is 16.0. The highest BCUT2D eigenvalue weighted by Gasteiger charge is 2.10. The Hall–Kier alpha value is -1.92. The number of aromatic nitrogens is 3. The molecule has 2 heterocycles. The molecule has 3 rings (SSSR count). The van der Waals surface area contributed by atoms with E-state index in [4.69, 9.17) is 11.6 Å². The summed E-state index contributed by atoms with van der Waals surface area (Å²) >= 11 is 9.45. The Bertz CT molecular complexity index is 878. The molecule has 1 N–H and O–H groups in total. The van der Waals surface area contributed by atoms with E-state index in [9.17, 15) is 4.79 Å². The summed E-state index contributed by atoms with van der Waals surface area (Å²) in [5.41, 5.74) is 2.31. The van der Waals surface area contributed by atoms with Crippen LogP contribution in [-0.4, -0.2) is 20.7 Å². The van der Waals surface area contributed by atoms with Crippen LogP contribution in [0.2, 0.25) is 5.02 Å². The molecular weight excluding hydrogens is 380 g/mol. The molecule has 23 heavy (non-hydrogen) atoms. The smallest absolute Gasteiger partial charge is 0.226 e. The molecule has 0 unspecified atom stereocenters. The van der Waals surface area contributed by atoms with Gasteiger partial charge >= 0.3 is 0 Å². The second kappa shape index (κ2) is 6.68. The molecule has 118 valence electrons. The molecule has 0 aliphatic carbocycles. The number of fused-ring (bicyclic) bond motifs is 1. The van der Waals surface area contributed by atoms with E-state index < -0.39 is 0 Å². The predicted octanol–water partition coefficient (Wildman–Crippen LogP) is 4.18. The van der Waals surface area contributed by atoms with Crippen LogP contribution in [-0.2, 0) is 11.3 Å². The third-order valence-electron chi connectivity index (χ3n) is 3.58. The lowest BCUT2D eigenvalue weighted by molar-refractivity contribution is -0.116. The average molecular weight is 394 g/mol. The first-order chi connectivity index (χ1) is 11.1. The number of nitrogens with zero attached hydrogens (tertiary/aromatic N) is 3. The van der Waals surface area contributed by atoms with Gasteiger partial charge in [0.1, 0.15) is 0 Å². The lowest BCUT2D eigenvalue weighted by atomic mass is 10.2. The molecular formula is C16H14BrClN4O. The number of pyridine rings is 1. The quantitative estimate of drug-likeness (QED) is 0.723. The van der Waals surface area contributed by atoms with Crippen LogP contribution < -0.4 is 5.32 Å². The summed E-state index contributed by atoms with van der Waals surface area (Å²) in [6, 6.07) is 7.56. The minimum absolute atomic E-state index is 0.0923. The Balaban J connectivity index is 1.73. The number of hydrogen-bond acceptors (Lipinski definition) is 3. The van der Waals surface area contributed by atoms with Gasteiger partial charge in [-0.05, 0) is 25.1 Å². The Kier molecular flexibility index (Phi) is 4.63. The maximum atomic E-state index is 12.2. The number of nitrogens with one attached hydrogen (secondary N) is 1. The van der Waals surface area contributed by atoms with Gasteiger partial charge in [0.2, 0.25) is 5.91 Å². The fourth-order valence-corrected chi connectivity index (χ4v) is 2.90. The molecule has 1 amide bonds. The summed E-state index contributed by atoms with van der Waals surface area (Å²) in [4.78, 5) is 16.6. The number of hydrogen-bond donors (Lipinski definition) is 1. The van der Waals surface area contributed by atoms with Crippen LogP contribution in [0.15, 0.2) is 41.1 Å². The van der Waals surface area contributed by atoms with E-state index in [0.717, 1.165) is 21.1 Å².